The van der Waals surface area contributed by atoms with Crippen molar-refractivity contribution >= 4 is 11.6 Å². The Kier molecular flexibility index (Phi) is 5.56. The van der Waals surface area contributed by atoms with Gasteiger partial charge < -0.3 is 11.1 Å². The Bertz CT molecular complexity index is 422. The van der Waals surface area contributed by atoms with Crippen molar-refractivity contribution in [1.29, 1.82) is 0 Å². The predicted molar refractivity (Wildman–Crippen MR) is 82.6 cm³/mol. The monoisotopic (exact) mass is 275 g/mol. The fraction of sp³-hybridized carbons (Fsp3) is 0.562. The first-order valence-electron chi connectivity index (χ1n) is 7.46. The van der Waals surface area contributed by atoms with Gasteiger partial charge in [0.1, 0.15) is 0 Å². The van der Waals surface area contributed by atoms with Crippen LogP contribution in [0.3, 0.4) is 0 Å². The lowest BCUT2D eigenvalue weighted by atomic mass is 9.94. The molecule has 0 radical (unpaired) electrons. The summed E-state index contributed by atoms with van der Waals surface area (Å²) in [6.45, 7) is 5.32. The lowest BCUT2D eigenvalue weighted by Crippen LogP contribution is -2.39. The van der Waals surface area contributed by atoms with Crippen LogP contribution in [0.15, 0.2) is 24.3 Å². The summed E-state index contributed by atoms with van der Waals surface area (Å²) in [7, 11) is 0. The lowest BCUT2D eigenvalue weighted by Gasteiger charge is -2.31. The van der Waals surface area contributed by atoms with Crippen molar-refractivity contribution in [1.82, 2.24) is 4.90 Å². The summed E-state index contributed by atoms with van der Waals surface area (Å²) >= 11 is 0. The van der Waals surface area contributed by atoms with E-state index in [2.05, 4.69) is 10.2 Å². The predicted octanol–water partition coefficient (Wildman–Crippen LogP) is 1.99. The number of nitrogens with two attached hydrogens (primary N) is 1. The zero-order valence-corrected chi connectivity index (χ0v) is 12.3. The zero-order valence-electron chi connectivity index (χ0n) is 12.3. The third-order valence-corrected chi connectivity index (χ3v) is 3.98. The molecule has 0 aliphatic carbocycles. The fourth-order valence-electron chi connectivity index (χ4n) is 2.71. The maximum Gasteiger partial charge on any atom is 0.238 e. The van der Waals surface area contributed by atoms with E-state index < -0.39 is 0 Å². The molecule has 0 spiro atoms. The molecule has 1 aliphatic rings. The number of carbonyl (C=O) groups is 1. The van der Waals surface area contributed by atoms with E-state index in [0.717, 1.165) is 50.5 Å². The molecule has 4 nitrogen and oxygen atoms in total. The van der Waals surface area contributed by atoms with Gasteiger partial charge in [-0.15, -0.1) is 0 Å². The van der Waals surface area contributed by atoms with Gasteiger partial charge in [0.15, 0.2) is 0 Å². The number of benzene rings is 1. The van der Waals surface area contributed by atoms with E-state index in [0.29, 0.717) is 6.54 Å². The maximum absolute atomic E-state index is 12.0. The number of likely N-dealkylation sites (tertiary alicyclic amines) is 1. The van der Waals surface area contributed by atoms with E-state index in [1.54, 1.807) is 0 Å². The third-order valence-electron chi connectivity index (χ3n) is 3.98. The second kappa shape index (κ2) is 7.41. The maximum atomic E-state index is 12.0. The molecule has 2 rings (SSSR count). The minimum absolute atomic E-state index is 0.0751. The fourth-order valence-corrected chi connectivity index (χ4v) is 2.71. The van der Waals surface area contributed by atoms with Gasteiger partial charge in [0.25, 0.3) is 0 Å². The van der Waals surface area contributed by atoms with Crippen molar-refractivity contribution in [2.45, 2.75) is 26.2 Å². The third kappa shape index (κ3) is 4.62. The summed E-state index contributed by atoms with van der Waals surface area (Å²) in [6.07, 6.45) is 3.44. The molecule has 1 fully saturated rings. The minimum Gasteiger partial charge on any atom is -0.330 e. The molecule has 1 aliphatic heterocycles. The van der Waals surface area contributed by atoms with Gasteiger partial charge in [0.05, 0.1) is 6.54 Å². The first kappa shape index (κ1) is 15.0. The number of nitrogens with one attached hydrogen (secondary N) is 1. The van der Waals surface area contributed by atoms with Gasteiger partial charge in [0, 0.05) is 5.69 Å². The summed E-state index contributed by atoms with van der Waals surface area (Å²) in [5, 5.41) is 2.95. The number of hydrogen-bond donors (Lipinski definition) is 2. The van der Waals surface area contributed by atoms with E-state index in [-0.39, 0.29) is 5.91 Å². The van der Waals surface area contributed by atoms with Crippen LogP contribution in [0.5, 0.6) is 0 Å². The summed E-state index contributed by atoms with van der Waals surface area (Å²) in [5.74, 6) is 0.822. The van der Waals surface area contributed by atoms with Gasteiger partial charge >= 0.3 is 0 Å². The van der Waals surface area contributed by atoms with Crippen LogP contribution >= 0.6 is 0 Å². The highest BCUT2D eigenvalue weighted by atomic mass is 16.2. The van der Waals surface area contributed by atoms with E-state index in [9.17, 15) is 4.79 Å². The SMILES string of the molecule is Cc1ccc(NC(=O)CN2CCC(CCN)CC2)cc1. The molecule has 1 aromatic carbocycles. The van der Waals surface area contributed by atoms with Crippen LogP contribution in [0.25, 0.3) is 0 Å². The molecular weight excluding hydrogens is 250 g/mol. The number of aryl methyl sites for hydroxylation is 1. The van der Waals surface area contributed by atoms with Gasteiger partial charge in [-0.2, -0.15) is 0 Å². The summed E-state index contributed by atoms with van der Waals surface area (Å²) < 4.78 is 0. The summed E-state index contributed by atoms with van der Waals surface area (Å²) in [4.78, 5) is 14.2. The average molecular weight is 275 g/mol. The normalized spacial score (nSPS) is 17.1. The summed E-state index contributed by atoms with van der Waals surface area (Å²) in [6, 6.07) is 7.91. The molecule has 1 amide bonds. The Morgan fingerprint density at radius 1 is 1.30 bits per heavy atom. The van der Waals surface area contributed by atoms with Crippen LogP contribution in [0.2, 0.25) is 0 Å². The molecule has 0 saturated carbocycles. The van der Waals surface area contributed by atoms with Crippen LogP contribution in [0, 0.1) is 12.8 Å². The molecule has 1 heterocycles. The van der Waals surface area contributed by atoms with E-state index >= 15 is 0 Å². The highest BCUT2D eigenvalue weighted by Crippen LogP contribution is 2.19. The van der Waals surface area contributed by atoms with E-state index in [1.165, 1.54) is 5.56 Å². The largest absolute Gasteiger partial charge is 0.330 e. The minimum atomic E-state index is 0.0751. The number of nitrogens with zero attached hydrogens (tertiary/aromatic N) is 1. The lowest BCUT2D eigenvalue weighted by molar-refractivity contribution is -0.117. The molecular formula is C16H25N3O. The van der Waals surface area contributed by atoms with Crippen LogP contribution < -0.4 is 11.1 Å². The van der Waals surface area contributed by atoms with Crippen molar-refractivity contribution in [3.8, 4) is 0 Å². The van der Waals surface area contributed by atoms with E-state index in [4.69, 9.17) is 5.73 Å². The van der Waals surface area contributed by atoms with Gasteiger partial charge in [-0.3, -0.25) is 9.69 Å². The molecule has 0 bridgehead atoms. The van der Waals surface area contributed by atoms with Crippen LogP contribution in [-0.2, 0) is 4.79 Å². The van der Waals surface area contributed by atoms with Crippen molar-refractivity contribution in [3.63, 3.8) is 0 Å². The van der Waals surface area contributed by atoms with Crippen LogP contribution in [-0.4, -0.2) is 37.0 Å². The Hall–Kier alpha value is -1.39. The molecule has 20 heavy (non-hydrogen) atoms. The van der Waals surface area contributed by atoms with Gasteiger partial charge in [-0.05, 0) is 63.9 Å². The van der Waals surface area contributed by atoms with Crippen molar-refractivity contribution in [2.75, 3.05) is 31.5 Å². The smallest absolute Gasteiger partial charge is 0.238 e. The standard InChI is InChI=1S/C16H25N3O/c1-13-2-4-15(5-3-13)18-16(20)12-19-10-7-14(6-9-17)8-11-19/h2-5,14H,6-12,17H2,1H3,(H,18,20). The number of amides is 1. The Balaban J connectivity index is 1.74. The van der Waals surface area contributed by atoms with Gasteiger partial charge in [0.2, 0.25) is 5.91 Å². The molecule has 3 N–H and O–H groups in total. The van der Waals surface area contributed by atoms with Crippen molar-refractivity contribution in [3.05, 3.63) is 29.8 Å². The first-order chi connectivity index (χ1) is 9.67. The average Bonchev–Trinajstić information content (AvgIpc) is 2.44. The van der Waals surface area contributed by atoms with Gasteiger partial charge in [-0.1, -0.05) is 17.7 Å². The Morgan fingerprint density at radius 2 is 1.95 bits per heavy atom. The molecule has 0 aromatic heterocycles. The van der Waals surface area contributed by atoms with Crippen LogP contribution in [0.1, 0.15) is 24.8 Å². The molecule has 0 atom stereocenters. The Labute approximate surface area is 121 Å². The highest BCUT2D eigenvalue weighted by Gasteiger charge is 2.20. The number of rotatable bonds is 5. The number of piperidine rings is 1. The first-order valence-corrected chi connectivity index (χ1v) is 7.46. The number of anilines is 1. The van der Waals surface area contributed by atoms with Crippen molar-refractivity contribution in [2.24, 2.45) is 11.7 Å². The highest BCUT2D eigenvalue weighted by molar-refractivity contribution is 5.92. The number of hydrogen-bond acceptors (Lipinski definition) is 3. The summed E-state index contributed by atoms with van der Waals surface area (Å²) in [5.41, 5.74) is 7.67. The van der Waals surface area contributed by atoms with E-state index in [1.807, 2.05) is 31.2 Å². The molecule has 110 valence electrons. The van der Waals surface area contributed by atoms with Crippen molar-refractivity contribution < 1.29 is 4.79 Å². The topological polar surface area (TPSA) is 58.4 Å². The molecule has 1 aromatic rings. The van der Waals surface area contributed by atoms with Gasteiger partial charge in [-0.25, -0.2) is 0 Å². The zero-order chi connectivity index (χ0) is 14.4. The molecule has 0 unspecified atom stereocenters. The second-order valence-corrected chi connectivity index (χ2v) is 5.71. The Morgan fingerprint density at radius 3 is 2.55 bits per heavy atom. The number of carbonyl (C=O) groups excluding carboxylic acids is 1. The van der Waals surface area contributed by atoms with Crippen LogP contribution in [0.4, 0.5) is 5.69 Å². The second-order valence-electron chi connectivity index (χ2n) is 5.71. The molecule has 1 saturated heterocycles. The molecule has 4 heteroatoms. The quantitative estimate of drug-likeness (QED) is 0.864.